The van der Waals surface area contributed by atoms with Crippen LogP contribution in [0.25, 0.3) is 0 Å². The lowest BCUT2D eigenvalue weighted by molar-refractivity contribution is 0.431. The number of aromatic nitrogens is 1. The lowest BCUT2D eigenvalue weighted by Crippen LogP contribution is -1.75. The van der Waals surface area contributed by atoms with Crippen LogP contribution >= 0.6 is 12.4 Å². The Balaban J connectivity index is 0.000000490. The fourth-order valence-corrected chi connectivity index (χ4v) is 0.383. The van der Waals surface area contributed by atoms with Gasteiger partial charge in [0.15, 0.2) is 0 Å². The van der Waals surface area contributed by atoms with Crippen molar-refractivity contribution in [3.05, 3.63) is 11.8 Å². The highest BCUT2D eigenvalue weighted by Gasteiger charge is 1.88. The molecule has 1 heterocycles. The van der Waals surface area contributed by atoms with Crippen molar-refractivity contribution in [2.75, 3.05) is 5.73 Å². The first kappa shape index (κ1) is 7.30. The molecule has 0 aromatic carbocycles. The SMILES string of the molecule is Cc1cc(N)on1.Cl. The zero-order chi connectivity index (χ0) is 5.28. The summed E-state index contributed by atoms with van der Waals surface area (Å²) in [5, 5.41) is 3.52. The van der Waals surface area contributed by atoms with Crippen LogP contribution in [-0.4, -0.2) is 5.16 Å². The lowest BCUT2D eigenvalue weighted by atomic mass is 10.5. The Hall–Kier alpha value is -0.700. The van der Waals surface area contributed by atoms with Crippen molar-refractivity contribution in [3.8, 4) is 0 Å². The van der Waals surface area contributed by atoms with Crippen LogP contribution in [0.4, 0.5) is 5.88 Å². The summed E-state index contributed by atoms with van der Waals surface area (Å²) < 4.78 is 4.49. The number of rotatable bonds is 0. The average Bonchev–Trinajstić information content (AvgIpc) is 1.87. The molecule has 4 heteroatoms. The molecule has 1 rings (SSSR count). The average molecular weight is 135 g/mol. The van der Waals surface area contributed by atoms with Gasteiger partial charge < -0.3 is 10.3 Å². The van der Waals surface area contributed by atoms with E-state index in [1.54, 1.807) is 6.07 Å². The predicted molar refractivity (Wildman–Crippen MR) is 32.9 cm³/mol. The van der Waals surface area contributed by atoms with E-state index in [4.69, 9.17) is 5.73 Å². The number of nitrogens with two attached hydrogens (primary N) is 1. The zero-order valence-corrected chi connectivity index (χ0v) is 5.23. The van der Waals surface area contributed by atoms with Gasteiger partial charge in [0.2, 0.25) is 5.88 Å². The summed E-state index contributed by atoms with van der Waals surface area (Å²) in [7, 11) is 0. The first-order valence-corrected chi connectivity index (χ1v) is 1.98. The standard InChI is InChI=1S/C4H6N2O.ClH/c1-3-2-4(5)7-6-3;/h2H,5H2,1H3;1H. The van der Waals surface area contributed by atoms with Crippen molar-refractivity contribution < 1.29 is 4.52 Å². The fourth-order valence-electron chi connectivity index (χ4n) is 0.383. The van der Waals surface area contributed by atoms with Gasteiger partial charge in [0, 0.05) is 6.07 Å². The van der Waals surface area contributed by atoms with Crippen molar-refractivity contribution in [1.82, 2.24) is 5.16 Å². The zero-order valence-electron chi connectivity index (χ0n) is 4.42. The molecular formula is C4H7ClN2O. The van der Waals surface area contributed by atoms with Crippen molar-refractivity contribution in [2.24, 2.45) is 0 Å². The van der Waals surface area contributed by atoms with Gasteiger partial charge in [-0.1, -0.05) is 5.16 Å². The summed E-state index contributed by atoms with van der Waals surface area (Å²) in [6.07, 6.45) is 0. The van der Waals surface area contributed by atoms with E-state index >= 15 is 0 Å². The van der Waals surface area contributed by atoms with Crippen LogP contribution < -0.4 is 5.73 Å². The molecule has 0 saturated heterocycles. The monoisotopic (exact) mass is 134 g/mol. The minimum atomic E-state index is 0. The van der Waals surface area contributed by atoms with Gasteiger partial charge in [-0.3, -0.25) is 0 Å². The molecule has 0 unspecified atom stereocenters. The van der Waals surface area contributed by atoms with E-state index in [0.717, 1.165) is 5.69 Å². The molecule has 8 heavy (non-hydrogen) atoms. The predicted octanol–water partition coefficient (Wildman–Crippen LogP) is 0.987. The summed E-state index contributed by atoms with van der Waals surface area (Å²) in [6, 6.07) is 1.67. The molecule has 46 valence electrons. The summed E-state index contributed by atoms with van der Waals surface area (Å²) in [5.41, 5.74) is 5.97. The highest BCUT2D eigenvalue weighted by Crippen LogP contribution is 2.00. The molecule has 1 aromatic rings. The quantitative estimate of drug-likeness (QED) is 0.576. The molecule has 0 bridgehead atoms. The molecule has 0 aliphatic rings. The lowest BCUT2D eigenvalue weighted by Gasteiger charge is -1.67. The van der Waals surface area contributed by atoms with Gasteiger partial charge in [0.1, 0.15) is 0 Å². The number of nitrogens with zero attached hydrogens (tertiary/aromatic N) is 1. The smallest absolute Gasteiger partial charge is 0.222 e. The summed E-state index contributed by atoms with van der Waals surface area (Å²) in [5.74, 6) is 0.373. The third-order valence-electron chi connectivity index (χ3n) is 0.646. The molecule has 0 aliphatic carbocycles. The number of aryl methyl sites for hydroxylation is 1. The highest BCUT2D eigenvalue weighted by atomic mass is 35.5. The molecular weight excluding hydrogens is 128 g/mol. The number of anilines is 1. The van der Waals surface area contributed by atoms with Gasteiger partial charge in [0.25, 0.3) is 0 Å². The van der Waals surface area contributed by atoms with E-state index in [2.05, 4.69) is 9.68 Å². The largest absolute Gasteiger partial charge is 0.368 e. The summed E-state index contributed by atoms with van der Waals surface area (Å²) in [6.45, 7) is 1.82. The van der Waals surface area contributed by atoms with Crippen LogP contribution in [-0.2, 0) is 0 Å². The Kier molecular flexibility index (Phi) is 2.34. The van der Waals surface area contributed by atoms with Crippen LogP contribution in [0.1, 0.15) is 5.69 Å². The molecule has 0 saturated carbocycles. The van der Waals surface area contributed by atoms with Gasteiger partial charge in [0.05, 0.1) is 5.69 Å². The van der Waals surface area contributed by atoms with Crippen molar-refractivity contribution in [2.45, 2.75) is 6.92 Å². The van der Waals surface area contributed by atoms with E-state index in [9.17, 15) is 0 Å². The molecule has 0 atom stereocenters. The molecule has 0 amide bonds. The van der Waals surface area contributed by atoms with E-state index in [1.807, 2.05) is 6.92 Å². The Morgan fingerprint density at radius 1 is 1.75 bits per heavy atom. The van der Waals surface area contributed by atoms with Gasteiger partial charge in [-0.25, -0.2) is 0 Å². The Morgan fingerprint density at radius 2 is 2.38 bits per heavy atom. The summed E-state index contributed by atoms with van der Waals surface area (Å²) in [4.78, 5) is 0. The Labute approximate surface area is 53.3 Å². The third kappa shape index (κ3) is 1.42. The first-order valence-electron chi connectivity index (χ1n) is 1.98. The topological polar surface area (TPSA) is 52.0 Å². The molecule has 0 aliphatic heterocycles. The summed E-state index contributed by atoms with van der Waals surface area (Å²) >= 11 is 0. The fraction of sp³-hybridized carbons (Fsp3) is 0.250. The van der Waals surface area contributed by atoms with Crippen LogP contribution in [0.2, 0.25) is 0 Å². The highest BCUT2D eigenvalue weighted by molar-refractivity contribution is 5.85. The van der Waals surface area contributed by atoms with E-state index < -0.39 is 0 Å². The van der Waals surface area contributed by atoms with Gasteiger partial charge >= 0.3 is 0 Å². The molecule has 3 nitrogen and oxygen atoms in total. The number of nitrogen functional groups attached to an aromatic ring is 1. The molecule has 1 aromatic heterocycles. The second-order valence-corrected chi connectivity index (χ2v) is 1.37. The van der Waals surface area contributed by atoms with E-state index in [-0.39, 0.29) is 12.4 Å². The third-order valence-corrected chi connectivity index (χ3v) is 0.646. The molecule has 0 radical (unpaired) electrons. The first-order chi connectivity index (χ1) is 3.29. The van der Waals surface area contributed by atoms with E-state index in [0.29, 0.717) is 5.88 Å². The minimum Gasteiger partial charge on any atom is -0.368 e. The van der Waals surface area contributed by atoms with Crippen LogP contribution in [0.15, 0.2) is 10.6 Å². The number of halogens is 1. The molecule has 2 N–H and O–H groups in total. The molecule has 0 fully saturated rings. The second kappa shape index (κ2) is 2.57. The minimum absolute atomic E-state index is 0. The van der Waals surface area contributed by atoms with Crippen LogP contribution in [0, 0.1) is 6.92 Å². The van der Waals surface area contributed by atoms with E-state index in [1.165, 1.54) is 0 Å². The number of hydrogen-bond donors (Lipinski definition) is 1. The van der Waals surface area contributed by atoms with Crippen LogP contribution in [0.5, 0.6) is 0 Å². The van der Waals surface area contributed by atoms with Crippen molar-refractivity contribution >= 4 is 18.3 Å². The van der Waals surface area contributed by atoms with Crippen molar-refractivity contribution in [3.63, 3.8) is 0 Å². The maximum absolute atomic E-state index is 5.15. The normalized spacial score (nSPS) is 8.12. The Bertz CT molecular complexity index is 146. The van der Waals surface area contributed by atoms with Gasteiger partial charge in [-0.2, -0.15) is 0 Å². The Morgan fingerprint density at radius 3 is 2.50 bits per heavy atom. The van der Waals surface area contributed by atoms with Gasteiger partial charge in [-0.15, -0.1) is 12.4 Å². The van der Waals surface area contributed by atoms with Crippen LogP contribution in [0.3, 0.4) is 0 Å². The second-order valence-electron chi connectivity index (χ2n) is 1.37. The number of hydrogen-bond acceptors (Lipinski definition) is 3. The maximum Gasteiger partial charge on any atom is 0.222 e. The maximum atomic E-state index is 5.15. The van der Waals surface area contributed by atoms with Crippen molar-refractivity contribution in [1.29, 1.82) is 0 Å². The molecule has 0 spiro atoms. The van der Waals surface area contributed by atoms with Gasteiger partial charge in [-0.05, 0) is 6.92 Å².